The van der Waals surface area contributed by atoms with E-state index < -0.39 is 0 Å². The molecule has 1 aliphatic heterocycles. The minimum Gasteiger partial charge on any atom is -0.373 e. The zero-order valence-electron chi connectivity index (χ0n) is 14.4. The Balaban J connectivity index is 1.65. The fourth-order valence-corrected chi connectivity index (χ4v) is 3.53. The van der Waals surface area contributed by atoms with Crippen molar-refractivity contribution in [1.82, 2.24) is 0 Å². The molecule has 0 aromatic heterocycles. The molecule has 0 saturated carbocycles. The first kappa shape index (κ1) is 16.3. The van der Waals surface area contributed by atoms with E-state index in [2.05, 4.69) is 62.4 Å². The van der Waals surface area contributed by atoms with Crippen LogP contribution in [0.15, 0.2) is 48.5 Å². The fraction of sp³-hybridized carbons (Fsp3) is 0.455. The summed E-state index contributed by atoms with van der Waals surface area (Å²) in [6.07, 6.45) is 6.43. The Morgan fingerprint density at radius 1 is 0.870 bits per heavy atom. The number of hydrogen-bond acceptors (Lipinski definition) is 1. The Morgan fingerprint density at radius 2 is 1.52 bits per heavy atom. The summed E-state index contributed by atoms with van der Waals surface area (Å²) in [7, 11) is 0. The number of aryl methyl sites for hydroxylation is 1. The first-order valence-electron chi connectivity index (χ1n) is 9.11. The molecule has 2 aromatic carbocycles. The molecule has 0 bridgehead atoms. The lowest BCUT2D eigenvalue weighted by Crippen LogP contribution is -2.20. The van der Waals surface area contributed by atoms with Gasteiger partial charge in [0.2, 0.25) is 0 Å². The molecule has 0 N–H and O–H groups in total. The van der Waals surface area contributed by atoms with Crippen molar-refractivity contribution in [3.05, 3.63) is 59.7 Å². The lowest BCUT2D eigenvalue weighted by atomic mass is 9.91. The second-order valence-corrected chi connectivity index (χ2v) is 6.73. The van der Waals surface area contributed by atoms with Gasteiger partial charge in [0, 0.05) is 0 Å². The molecular weight excluding hydrogens is 280 g/mol. The standard InChI is InChI=1S/C22H28O/c1-3-5-18-8-15-22(23-16-18)21-13-11-20(12-14-21)19-9-6-17(4-2)7-10-19/h6-7,9-14,18,22H,3-5,8,15-16H2,1-2H3. The summed E-state index contributed by atoms with van der Waals surface area (Å²) in [5, 5.41) is 0. The predicted molar refractivity (Wildman–Crippen MR) is 97.6 cm³/mol. The average molecular weight is 308 g/mol. The number of rotatable bonds is 5. The van der Waals surface area contributed by atoms with Gasteiger partial charge >= 0.3 is 0 Å². The Morgan fingerprint density at radius 3 is 2.04 bits per heavy atom. The van der Waals surface area contributed by atoms with Crippen molar-refractivity contribution in [1.29, 1.82) is 0 Å². The Bertz CT molecular complexity index is 589. The summed E-state index contributed by atoms with van der Waals surface area (Å²) in [5.74, 6) is 0.771. The van der Waals surface area contributed by atoms with E-state index in [1.807, 2.05) is 0 Å². The minimum absolute atomic E-state index is 0.291. The monoisotopic (exact) mass is 308 g/mol. The maximum absolute atomic E-state index is 6.11. The molecular formula is C22H28O. The quantitative estimate of drug-likeness (QED) is 0.640. The van der Waals surface area contributed by atoms with Gasteiger partial charge in [-0.1, -0.05) is 68.8 Å². The van der Waals surface area contributed by atoms with Crippen molar-refractivity contribution >= 4 is 0 Å². The van der Waals surface area contributed by atoms with E-state index in [0.717, 1.165) is 25.4 Å². The van der Waals surface area contributed by atoms with Crippen LogP contribution < -0.4 is 0 Å². The van der Waals surface area contributed by atoms with Gasteiger partial charge in [-0.2, -0.15) is 0 Å². The van der Waals surface area contributed by atoms with Crippen LogP contribution in [0.4, 0.5) is 0 Å². The van der Waals surface area contributed by atoms with Gasteiger partial charge in [0.1, 0.15) is 0 Å². The molecule has 1 aliphatic rings. The molecule has 122 valence electrons. The van der Waals surface area contributed by atoms with E-state index in [1.165, 1.54) is 41.5 Å². The summed E-state index contributed by atoms with van der Waals surface area (Å²) in [5.41, 5.74) is 5.30. The molecule has 0 radical (unpaired) electrons. The Hall–Kier alpha value is -1.60. The molecule has 1 nitrogen and oxygen atoms in total. The first-order valence-corrected chi connectivity index (χ1v) is 9.11. The van der Waals surface area contributed by atoms with Gasteiger partial charge in [-0.25, -0.2) is 0 Å². The molecule has 23 heavy (non-hydrogen) atoms. The van der Waals surface area contributed by atoms with E-state index in [0.29, 0.717) is 6.10 Å². The molecule has 2 atom stereocenters. The van der Waals surface area contributed by atoms with Crippen LogP contribution in [0.25, 0.3) is 11.1 Å². The SMILES string of the molecule is CCCC1CCC(c2ccc(-c3ccc(CC)cc3)cc2)OC1. The van der Waals surface area contributed by atoms with Crippen molar-refractivity contribution in [3.63, 3.8) is 0 Å². The van der Waals surface area contributed by atoms with Crippen molar-refractivity contribution in [2.45, 2.75) is 52.1 Å². The van der Waals surface area contributed by atoms with Crippen LogP contribution in [-0.2, 0) is 11.2 Å². The second kappa shape index (κ2) is 7.79. The molecule has 1 fully saturated rings. The largest absolute Gasteiger partial charge is 0.373 e. The van der Waals surface area contributed by atoms with Crippen molar-refractivity contribution in [2.24, 2.45) is 5.92 Å². The smallest absolute Gasteiger partial charge is 0.0825 e. The van der Waals surface area contributed by atoms with Crippen molar-refractivity contribution < 1.29 is 4.74 Å². The van der Waals surface area contributed by atoms with Gasteiger partial charge in [-0.15, -0.1) is 0 Å². The van der Waals surface area contributed by atoms with Gasteiger partial charge in [0.05, 0.1) is 12.7 Å². The molecule has 1 heteroatoms. The van der Waals surface area contributed by atoms with E-state index in [9.17, 15) is 0 Å². The molecule has 0 amide bonds. The number of hydrogen-bond donors (Lipinski definition) is 0. The van der Waals surface area contributed by atoms with Crippen LogP contribution >= 0.6 is 0 Å². The van der Waals surface area contributed by atoms with E-state index >= 15 is 0 Å². The van der Waals surface area contributed by atoms with Crippen LogP contribution in [0, 0.1) is 5.92 Å². The van der Waals surface area contributed by atoms with Gasteiger partial charge in [-0.3, -0.25) is 0 Å². The zero-order chi connectivity index (χ0) is 16.1. The van der Waals surface area contributed by atoms with Crippen molar-refractivity contribution in [3.8, 4) is 11.1 Å². The highest BCUT2D eigenvalue weighted by Gasteiger charge is 2.22. The predicted octanol–water partition coefficient (Wildman–Crippen LogP) is 6.18. The Kier molecular flexibility index (Phi) is 5.51. The van der Waals surface area contributed by atoms with Crippen LogP contribution in [0.3, 0.4) is 0 Å². The first-order chi connectivity index (χ1) is 11.3. The fourth-order valence-electron chi connectivity index (χ4n) is 3.53. The number of benzene rings is 2. The molecule has 0 aliphatic carbocycles. The van der Waals surface area contributed by atoms with Gasteiger partial charge in [0.25, 0.3) is 0 Å². The lowest BCUT2D eigenvalue weighted by molar-refractivity contribution is -0.0194. The minimum atomic E-state index is 0.291. The highest BCUT2D eigenvalue weighted by Crippen LogP contribution is 2.33. The van der Waals surface area contributed by atoms with Crippen LogP contribution in [-0.4, -0.2) is 6.61 Å². The highest BCUT2D eigenvalue weighted by atomic mass is 16.5. The zero-order valence-corrected chi connectivity index (χ0v) is 14.4. The molecule has 1 heterocycles. The van der Waals surface area contributed by atoms with Gasteiger partial charge in [0.15, 0.2) is 0 Å². The molecule has 1 saturated heterocycles. The van der Waals surface area contributed by atoms with E-state index in [4.69, 9.17) is 4.74 Å². The number of ether oxygens (including phenoxy) is 1. The maximum Gasteiger partial charge on any atom is 0.0825 e. The summed E-state index contributed by atoms with van der Waals surface area (Å²) in [6.45, 7) is 5.38. The summed E-state index contributed by atoms with van der Waals surface area (Å²) < 4.78 is 6.11. The molecule has 3 rings (SSSR count). The lowest BCUT2D eigenvalue weighted by Gasteiger charge is -2.29. The van der Waals surface area contributed by atoms with E-state index in [-0.39, 0.29) is 0 Å². The topological polar surface area (TPSA) is 9.23 Å². The Labute approximate surface area is 140 Å². The van der Waals surface area contributed by atoms with Gasteiger partial charge in [-0.05, 0) is 53.9 Å². The third-order valence-electron chi connectivity index (χ3n) is 5.05. The van der Waals surface area contributed by atoms with Crippen LogP contribution in [0.5, 0.6) is 0 Å². The highest BCUT2D eigenvalue weighted by molar-refractivity contribution is 5.64. The van der Waals surface area contributed by atoms with Crippen molar-refractivity contribution in [2.75, 3.05) is 6.61 Å². The molecule has 2 unspecified atom stereocenters. The molecule has 0 spiro atoms. The van der Waals surface area contributed by atoms with Crippen LogP contribution in [0.2, 0.25) is 0 Å². The molecule has 2 aromatic rings. The van der Waals surface area contributed by atoms with E-state index in [1.54, 1.807) is 0 Å². The van der Waals surface area contributed by atoms with Crippen LogP contribution in [0.1, 0.15) is 56.8 Å². The summed E-state index contributed by atoms with van der Waals surface area (Å²) in [6, 6.07) is 17.8. The summed E-state index contributed by atoms with van der Waals surface area (Å²) in [4.78, 5) is 0. The normalized spacial score (nSPS) is 21.3. The maximum atomic E-state index is 6.11. The van der Waals surface area contributed by atoms with Gasteiger partial charge < -0.3 is 4.74 Å². The summed E-state index contributed by atoms with van der Waals surface area (Å²) >= 11 is 0. The third kappa shape index (κ3) is 4.03. The third-order valence-corrected chi connectivity index (χ3v) is 5.05. The second-order valence-electron chi connectivity index (χ2n) is 6.73. The average Bonchev–Trinajstić information content (AvgIpc) is 2.63.